The van der Waals surface area contributed by atoms with Crippen molar-refractivity contribution >= 4 is 41.3 Å². The van der Waals surface area contributed by atoms with Crippen LogP contribution in [0.4, 0.5) is 0 Å². The van der Waals surface area contributed by atoms with E-state index in [1.807, 2.05) is 23.1 Å². The molecule has 0 aliphatic rings. The lowest BCUT2D eigenvalue weighted by molar-refractivity contribution is 0.597. The molecule has 0 saturated carbocycles. The first-order valence-corrected chi connectivity index (χ1v) is 7.49. The van der Waals surface area contributed by atoms with Crippen LogP contribution in [0.5, 0.6) is 0 Å². The highest BCUT2D eigenvalue weighted by Crippen LogP contribution is 2.12. The zero-order valence-electron chi connectivity index (χ0n) is 12.2. The monoisotopic (exact) mass is 420 g/mol. The topological polar surface area (TPSA) is 67.1 Å². The van der Waals surface area contributed by atoms with Gasteiger partial charge in [-0.2, -0.15) is 5.10 Å². The Morgan fingerprint density at radius 1 is 1.43 bits per heavy atom. The fourth-order valence-corrected chi connectivity index (χ4v) is 2.50. The molecule has 0 amide bonds. The number of aromatic nitrogens is 3. The number of rotatable bonds is 6. The Bertz CT molecular complexity index is 537. The zero-order chi connectivity index (χ0) is 14.2. The van der Waals surface area contributed by atoms with Crippen molar-refractivity contribution in [2.75, 3.05) is 13.6 Å². The van der Waals surface area contributed by atoms with Gasteiger partial charge >= 0.3 is 0 Å². The number of thiazole rings is 1. The molecule has 0 aromatic carbocycles. The summed E-state index contributed by atoms with van der Waals surface area (Å²) < 4.78 is 1.88. The Morgan fingerprint density at radius 3 is 2.90 bits per heavy atom. The summed E-state index contributed by atoms with van der Waals surface area (Å²) in [6.45, 7) is 4.43. The standard InChI is InChI=1S/C13H20N6S.HI/c1-3-11-9-16-12(20-11)10-17-13(14-2)15-6-8-19-7-4-5-18-19;/h4-5,7,9H,3,6,8,10H2,1-2H3,(H2,14,15,17);1H. The van der Waals surface area contributed by atoms with Crippen molar-refractivity contribution in [1.29, 1.82) is 0 Å². The maximum Gasteiger partial charge on any atom is 0.191 e. The second-order valence-electron chi connectivity index (χ2n) is 4.20. The SMILES string of the molecule is CCc1cnc(CNC(=NC)NCCn2cccn2)s1.I. The highest BCUT2D eigenvalue weighted by molar-refractivity contribution is 14.0. The van der Waals surface area contributed by atoms with E-state index >= 15 is 0 Å². The Balaban J connectivity index is 0.00000220. The van der Waals surface area contributed by atoms with Gasteiger partial charge < -0.3 is 10.6 Å². The number of aliphatic imine (C=N–C) groups is 1. The van der Waals surface area contributed by atoms with Crippen molar-refractivity contribution in [3.8, 4) is 0 Å². The summed E-state index contributed by atoms with van der Waals surface area (Å²) in [6, 6.07) is 1.92. The van der Waals surface area contributed by atoms with Crippen molar-refractivity contribution in [3.63, 3.8) is 0 Å². The Labute approximate surface area is 146 Å². The molecular weight excluding hydrogens is 399 g/mol. The highest BCUT2D eigenvalue weighted by atomic mass is 127. The van der Waals surface area contributed by atoms with Crippen LogP contribution in [0.1, 0.15) is 16.8 Å². The second-order valence-corrected chi connectivity index (χ2v) is 5.40. The lowest BCUT2D eigenvalue weighted by Crippen LogP contribution is -2.38. The lowest BCUT2D eigenvalue weighted by atomic mass is 10.4. The minimum Gasteiger partial charge on any atom is -0.355 e. The second kappa shape index (κ2) is 9.72. The summed E-state index contributed by atoms with van der Waals surface area (Å²) in [5.41, 5.74) is 0. The normalized spacial score (nSPS) is 11.0. The first-order valence-electron chi connectivity index (χ1n) is 6.67. The number of hydrogen-bond donors (Lipinski definition) is 2. The first-order chi connectivity index (χ1) is 9.81. The van der Waals surface area contributed by atoms with Gasteiger partial charge in [0.05, 0.1) is 13.1 Å². The molecule has 2 N–H and O–H groups in total. The molecule has 116 valence electrons. The van der Waals surface area contributed by atoms with Crippen LogP contribution in [-0.2, 0) is 19.5 Å². The quantitative estimate of drug-likeness (QED) is 0.426. The van der Waals surface area contributed by atoms with E-state index in [2.05, 4.69) is 32.6 Å². The molecule has 0 fully saturated rings. The summed E-state index contributed by atoms with van der Waals surface area (Å²) in [7, 11) is 1.77. The van der Waals surface area contributed by atoms with Crippen molar-refractivity contribution in [2.24, 2.45) is 4.99 Å². The van der Waals surface area contributed by atoms with Crippen molar-refractivity contribution in [3.05, 3.63) is 34.5 Å². The molecule has 2 aromatic heterocycles. The van der Waals surface area contributed by atoms with Crippen LogP contribution >= 0.6 is 35.3 Å². The Kier molecular flexibility index (Phi) is 8.28. The first kappa shape index (κ1) is 17.9. The van der Waals surface area contributed by atoms with Gasteiger partial charge in [0.25, 0.3) is 0 Å². The molecule has 0 radical (unpaired) electrons. The van der Waals surface area contributed by atoms with E-state index in [4.69, 9.17) is 0 Å². The maximum absolute atomic E-state index is 4.37. The van der Waals surface area contributed by atoms with Crippen LogP contribution in [0.15, 0.2) is 29.6 Å². The van der Waals surface area contributed by atoms with Gasteiger partial charge in [0.1, 0.15) is 5.01 Å². The molecule has 2 rings (SSSR count). The zero-order valence-corrected chi connectivity index (χ0v) is 15.4. The molecule has 2 heterocycles. The van der Waals surface area contributed by atoms with Crippen LogP contribution in [0.2, 0.25) is 0 Å². The molecule has 6 nitrogen and oxygen atoms in total. The molecular formula is C13H21IN6S. The van der Waals surface area contributed by atoms with Gasteiger partial charge in [-0.1, -0.05) is 6.92 Å². The predicted molar refractivity (Wildman–Crippen MR) is 97.3 cm³/mol. The summed E-state index contributed by atoms with van der Waals surface area (Å²) >= 11 is 1.74. The number of aryl methyl sites for hydroxylation is 1. The van der Waals surface area contributed by atoms with Crippen LogP contribution in [0, 0.1) is 0 Å². The van der Waals surface area contributed by atoms with Gasteiger partial charge in [-0.05, 0) is 12.5 Å². The summed E-state index contributed by atoms with van der Waals surface area (Å²) in [5.74, 6) is 0.783. The summed E-state index contributed by atoms with van der Waals surface area (Å²) in [5, 5.41) is 11.7. The van der Waals surface area contributed by atoms with Gasteiger partial charge in [0.15, 0.2) is 5.96 Å². The minimum atomic E-state index is 0. The fraction of sp³-hybridized carbons (Fsp3) is 0.462. The third-order valence-electron chi connectivity index (χ3n) is 2.77. The minimum absolute atomic E-state index is 0. The maximum atomic E-state index is 4.37. The van der Waals surface area contributed by atoms with Gasteiger partial charge in [-0.15, -0.1) is 35.3 Å². The highest BCUT2D eigenvalue weighted by Gasteiger charge is 2.02. The van der Waals surface area contributed by atoms with E-state index in [9.17, 15) is 0 Å². The average molecular weight is 420 g/mol. The molecule has 0 bridgehead atoms. The van der Waals surface area contributed by atoms with Crippen molar-refractivity contribution in [2.45, 2.75) is 26.4 Å². The van der Waals surface area contributed by atoms with E-state index < -0.39 is 0 Å². The van der Waals surface area contributed by atoms with E-state index in [0.717, 1.165) is 30.5 Å². The fourth-order valence-electron chi connectivity index (χ4n) is 1.69. The van der Waals surface area contributed by atoms with Crippen molar-refractivity contribution < 1.29 is 0 Å². The molecule has 0 spiro atoms. The van der Waals surface area contributed by atoms with Crippen LogP contribution in [0.25, 0.3) is 0 Å². The number of hydrogen-bond acceptors (Lipinski definition) is 4. The van der Waals surface area contributed by atoms with Gasteiger partial charge in [-0.25, -0.2) is 4.98 Å². The predicted octanol–water partition coefficient (Wildman–Crippen LogP) is 1.89. The lowest BCUT2D eigenvalue weighted by Gasteiger charge is -2.10. The summed E-state index contributed by atoms with van der Waals surface area (Å²) in [6.07, 6.45) is 6.70. The largest absolute Gasteiger partial charge is 0.355 e. The molecule has 0 unspecified atom stereocenters. The molecule has 0 aliphatic carbocycles. The van der Waals surface area contributed by atoms with Crippen LogP contribution in [0.3, 0.4) is 0 Å². The van der Waals surface area contributed by atoms with E-state index in [0.29, 0.717) is 6.54 Å². The van der Waals surface area contributed by atoms with E-state index in [1.54, 1.807) is 24.6 Å². The number of guanidine groups is 1. The number of nitrogens with zero attached hydrogens (tertiary/aromatic N) is 4. The van der Waals surface area contributed by atoms with Crippen molar-refractivity contribution in [1.82, 2.24) is 25.4 Å². The van der Waals surface area contributed by atoms with Gasteiger partial charge in [-0.3, -0.25) is 9.67 Å². The third-order valence-corrected chi connectivity index (χ3v) is 3.91. The number of nitrogens with one attached hydrogen (secondary N) is 2. The van der Waals surface area contributed by atoms with E-state index in [1.165, 1.54) is 4.88 Å². The smallest absolute Gasteiger partial charge is 0.191 e. The molecule has 8 heteroatoms. The van der Waals surface area contributed by atoms with Crippen LogP contribution in [-0.4, -0.2) is 34.3 Å². The van der Waals surface area contributed by atoms with Gasteiger partial charge in [0, 0.05) is 37.1 Å². The molecule has 2 aromatic rings. The Hall–Kier alpha value is -1.16. The van der Waals surface area contributed by atoms with Gasteiger partial charge in [0.2, 0.25) is 0 Å². The Morgan fingerprint density at radius 2 is 2.29 bits per heavy atom. The molecule has 0 aliphatic heterocycles. The van der Waals surface area contributed by atoms with Crippen LogP contribution < -0.4 is 10.6 Å². The average Bonchev–Trinajstić information content (AvgIpc) is 3.13. The summed E-state index contributed by atoms with van der Waals surface area (Å²) in [4.78, 5) is 9.87. The molecule has 21 heavy (non-hydrogen) atoms. The molecule has 0 atom stereocenters. The van der Waals surface area contributed by atoms with E-state index in [-0.39, 0.29) is 24.0 Å². The number of halogens is 1. The third kappa shape index (κ3) is 6.00. The molecule has 0 saturated heterocycles.